The number of nitrogens with one attached hydrogen (secondary N) is 2. The molecule has 0 spiro atoms. The Kier molecular flexibility index (Phi) is 9.92. The van der Waals surface area contributed by atoms with E-state index >= 15 is 0 Å². The highest BCUT2D eigenvalue weighted by atomic mass is 16.6. The third kappa shape index (κ3) is 8.35. The van der Waals surface area contributed by atoms with Crippen molar-refractivity contribution in [1.29, 1.82) is 0 Å². The standard InChI is InChI=1S/C28H35N3O5/c1-7-31(26(34)22(17-19(2)3)30-27(35)36-28(4,5)6)24(21-15-11-12-16-23(21)32)25(33)29-18-20-13-9-8-10-14-20/h1,8-16,19,22,24,32H,17-18H2,2-6H3,(H,29,33)(H,30,35). The second-order valence-corrected chi connectivity index (χ2v) is 9.83. The summed E-state index contributed by atoms with van der Waals surface area (Å²) >= 11 is 0. The zero-order valence-corrected chi connectivity index (χ0v) is 21.4. The molecule has 0 fully saturated rings. The van der Waals surface area contributed by atoms with E-state index in [1.54, 1.807) is 32.9 Å². The number of phenols is 1. The van der Waals surface area contributed by atoms with E-state index in [2.05, 4.69) is 16.7 Å². The second kappa shape index (κ2) is 12.6. The summed E-state index contributed by atoms with van der Waals surface area (Å²) in [5, 5.41) is 15.9. The molecule has 8 heteroatoms. The maximum absolute atomic E-state index is 13.7. The third-order valence-corrected chi connectivity index (χ3v) is 5.12. The van der Waals surface area contributed by atoms with E-state index in [-0.39, 0.29) is 30.2 Å². The Morgan fingerprint density at radius 2 is 1.67 bits per heavy atom. The molecule has 0 heterocycles. The highest BCUT2D eigenvalue weighted by Crippen LogP contribution is 2.30. The summed E-state index contributed by atoms with van der Waals surface area (Å²) in [6.45, 7) is 9.12. The second-order valence-electron chi connectivity index (χ2n) is 9.83. The van der Waals surface area contributed by atoms with Crippen LogP contribution in [0.3, 0.4) is 0 Å². The Morgan fingerprint density at radius 3 is 2.22 bits per heavy atom. The normalized spacial score (nSPS) is 12.7. The highest BCUT2D eigenvalue weighted by molar-refractivity contribution is 5.93. The van der Waals surface area contributed by atoms with Gasteiger partial charge >= 0.3 is 6.09 Å². The third-order valence-electron chi connectivity index (χ3n) is 5.12. The zero-order chi connectivity index (χ0) is 26.9. The van der Waals surface area contributed by atoms with E-state index < -0.39 is 35.6 Å². The minimum Gasteiger partial charge on any atom is -0.508 e. The topological polar surface area (TPSA) is 108 Å². The number of ether oxygens (including phenoxy) is 1. The van der Waals surface area contributed by atoms with Crippen LogP contribution in [0.15, 0.2) is 54.6 Å². The van der Waals surface area contributed by atoms with Crippen LogP contribution in [0, 0.1) is 18.4 Å². The van der Waals surface area contributed by atoms with E-state index in [9.17, 15) is 19.5 Å². The summed E-state index contributed by atoms with van der Waals surface area (Å²) in [5.74, 6) is -1.41. The van der Waals surface area contributed by atoms with Crippen LogP contribution in [-0.2, 0) is 20.9 Å². The van der Waals surface area contributed by atoms with Gasteiger partial charge in [0.1, 0.15) is 17.4 Å². The van der Waals surface area contributed by atoms with Crippen LogP contribution in [0.2, 0.25) is 0 Å². The molecule has 2 aromatic rings. The minimum atomic E-state index is -1.33. The quantitative estimate of drug-likeness (QED) is 0.360. The Bertz CT molecular complexity index is 1090. The number of benzene rings is 2. The first-order chi connectivity index (χ1) is 16.9. The molecule has 36 heavy (non-hydrogen) atoms. The Morgan fingerprint density at radius 1 is 1.06 bits per heavy atom. The number of terminal acetylenes is 1. The van der Waals surface area contributed by atoms with E-state index in [4.69, 9.17) is 11.2 Å². The first-order valence-corrected chi connectivity index (χ1v) is 11.8. The molecule has 0 bridgehead atoms. The molecule has 0 aromatic heterocycles. The van der Waals surface area contributed by atoms with Gasteiger partial charge in [0.25, 0.3) is 5.91 Å². The smallest absolute Gasteiger partial charge is 0.408 e. The number of phenolic OH excluding ortho intramolecular Hbond substituents is 1. The lowest BCUT2D eigenvalue weighted by molar-refractivity contribution is -0.139. The number of aromatic hydroxyl groups is 1. The minimum absolute atomic E-state index is 0.0176. The van der Waals surface area contributed by atoms with E-state index in [1.807, 2.05) is 44.2 Å². The number of rotatable bonds is 9. The van der Waals surface area contributed by atoms with Gasteiger partial charge in [-0.15, -0.1) is 0 Å². The first-order valence-electron chi connectivity index (χ1n) is 11.8. The first kappa shape index (κ1) is 28.2. The SMILES string of the molecule is C#CN(C(=O)C(CC(C)C)NC(=O)OC(C)(C)C)C(C(=O)NCc1ccccc1)c1ccccc1O. The number of amides is 3. The van der Waals surface area contributed by atoms with Crippen molar-refractivity contribution in [3.63, 3.8) is 0 Å². The summed E-state index contributed by atoms with van der Waals surface area (Å²) in [4.78, 5) is 40.5. The molecule has 0 aliphatic heterocycles. The molecular formula is C28H35N3O5. The van der Waals surface area contributed by atoms with Crippen LogP contribution in [0.25, 0.3) is 0 Å². The van der Waals surface area contributed by atoms with Gasteiger partial charge in [-0.05, 0) is 44.7 Å². The molecule has 0 radical (unpaired) electrons. The monoisotopic (exact) mass is 493 g/mol. The maximum atomic E-state index is 13.7. The van der Waals surface area contributed by atoms with E-state index in [0.29, 0.717) is 0 Å². The molecule has 192 valence electrons. The molecule has 2 aromatic carbocycles. The molecule has 0 aliphatic carbocycles. The Balaban J connectivity index is 2.40. The average molecular weight is 494 g/mol. The van der Waals surface area contributed by atoms with Crippen LogP contribution < -0.4 is 10.6 Å². The van der Waals surface area contributed by atoms with Gasteiger partial charge in [-0.25, -0.2) is 4.79 Å². The fourth-order valence-electron chi connectivity index (χ4n) is 3.57. The summed E-state index contributed by atoms with van der Waals surface area (Å²) in [6.07, 6.45) is 5.24. The predicted octanol–water partition coefficient (Wildman–Crippen LogP) is 4.11. The molecule has 8 nitrogen and oxygen atoms in total. The molecule has 3 N–H and O–H groups in total. The summed E-state index contributed by atoms with van der Waals surface area (Å²) in [5.41, 5.74) is 0.247. The average Bonchev–Trinajstić information content (AvgIpc) is 2.80. The highest BCUT2D eigenvalue weighted by Gasteiger charge is 2.37. The van der Waals surface area contributed by atoms with E-state index in [1.165, 1.54) is 12.1 Å². The van der Waals surface area contributed by atoms with Crippen molar-refractivity contribution in [3.8, 4) is 18.2 Å². The van der Waals surface area contributed by atoms with Crippen molar-refractivity contribution < 1.29 is 24.2 Å². The van der Waals surface area contributed by atoms with Gasteiger partial charge in [-0.2, -0.15) is 0 Å². The van der Waals surface area contributed by atoms with Crippen LogP contribution >= 0.6 is 0 Å². The van der Waals surface area contributed by atoms with Crippen molar-refractivity contribution in [2.45, 2.75) is 65.3 Å². The largest absolute Gasteiger partial charge is 0.508 e. The lowest BCUT2D eigenvalue weighted by atomic mass is 9.99. The molecule has 3 amide bonds. The van der Waals surface area contributed by atoms with Crippen molar-refractivity contribution >= 4 is 17.9 Å². The molecule has 0 aliphatic rings. The lowest BCUT2D eigenvalue weighted by Crippen LogP contribution is -2.51. The van der Waals surface area contributed by atoms with Gasteiger partial charge in [-0.1, -0.05) is 68.8 Å². The Hall–Kier alpha value is -3.99. The molecular weight excluding hydrogens is 458 g/mol. The molecule has 2 unspecified atom stereocenters. The van der Waals surface area contributed by atoms with E-state index in [0.717, 1.165) is 10.5 Å². The lowest BCUT2D eigenvalue weighted by Gasteiger charge is -2.31. The number of para-hydroxylation sites is 1. The van der Waals surface area contributed by atoms with Gasteiger partial charge in [0, 0.05) is 18.2 Å². The number of alkyl carbamates (subject to hydrolysis) is 1. The number of hydrogen-bond acceptors (Lipinski definition) is 5. The van der Waals surface area contributed by atoms with Crippen LogP contribution in [0.5, 0.6) is 5.75 Å². The summed E-state index contributed by atoms with van der Waals surface area (Å²) in [7, 11) is 0. The fraction of sp³-hybridized carbons (Fsp3) is 0.393. The van der Waals surface area contributed by atoms with Crippen molar-refractivity contribution in [2.24, 2.45) is 5.92 Å². The molecule has 0 saturated heterocycles. The molecule has 0 saturated carbocycles. The van der Waals surface area contributed by atoms with Gasteiger partial charge in [0.2, 0.25) is 5.91 Å². The van der Waals surface area contributed by atoms with Crippen LogP contribution in [0.1, 0.15) is 58.2 Å². The zero-order valence-electron chi connectivity index (χ0n) is 21.4. The van der Waals surface area contributed by atoms with Gasteiger partial charge in [0.15, 0.2) is 6.04 Å². The molecule has 2 rings (SSSR count). The number of hydrogen-bond donors (Lipinski definition) is 3. The van der Waals surface area contributed by atoms with Crippen molar-refractivity contribution in [2.75, 3.05) is 0 Å². The number of nitrogens with zero attached hydrogens (tertiary/aromatic N) is 1. The summed E-state index contributed by atoms with van der Waals surface area (Å²) < 4.78 is 5.32. The van der Waals surface area contributed by atoms with Gasteiger partial charge in [-0.3, -0.25) is 14.5 Å². The predicted molar refractivity (Wildman–Crippen MR) is 137 cm³/mol. The number of carbonyl (C=O) groups is 3. The van der Waals surface area contributed by atoms with Crippen molar-refractivity contribution in [3.05, 3.63) is 65.7 Å². The van der Waals surface area contributed by atoms with Gasteiger partial charge in [0.05, 0.1) is 0 Å². The summed E-state index contributed by atoms with van der Waals surface area (Å²) in [6, 6.07) is 15.4. The molecule has 2 atom stereocenters. The van der Waals surface area contributed by atoms with Crippen molar-refractivity contribution in [1.82, 2.24) is 15.5 Å². The Labute approximate surface area is 213 Å². The fourth-order valence-corrected chi connectivity index (χ4v) is 3.57. The number of carbonyl (C=O) groups excluding carboxylic acids is 3. The van der Waals surface area contributed by atoms with Gasteiger partial charge < -0.3 is 20.5 Å². The maximum Gasteiger partial charge on any atom is 0.408 e. The van der Waals surface area contributed by atoms with Crippen LogP contribution in [-0.4, -0.2) is 39.6 Å². The van der Waals surface area contributed by atoms with Crippen LogP contribution in [0.4, 0.5) is 4.79 Å².